The fourth-order valence-electron chi connectivity index (χ4n) is 7.05. The predicted octanol–water partition coefficient (Wildman–Crippen LogP) is 12.6. The van der Waals surface area contributed by atoms with Crippen molar-refractivity contribution in [3.63, 3.8) is 0 Å². The van der Waals surface area contributed by atoms with Crippen LogP contribution in [0.15, 0.2) is 174 Å². The summed E-state index contributed by atoms with van der Waals surface area (Å²) in [5.74, 6) is 0. The lowest BCUT2D eigenvalue weighted by atomic mass is 9.85. The van der Waals surface area contributed by atoms with Gasteiger partial charge in [0.05, 0.1) is 0 Å². The van der Waals surface area contributed by atoms with Gasteiger partial charge in [0.1, 0.15) is 11.2 Å². The van der Waals surface area contributed by atoms with Gasteiger partial charge in [0.2, 0.25) is 0 Å². The molecule has 0 N–H and O–H groups in total. The predicted molar refractivity (Wildman–Crippen MR) is 190 cm³/mol. The smallest absolute Gasteiger partial charge is 0.136 e. The summed E-state index contributed by atoms with van der Waals surface area (Å²) in [5, 5.41) is 7.37. The van der Waals surface area contributed by atoms with Gasteiger partial charge in [-0.25, -0.2) is 0 Å². The van der Waals surface area contributed by atoms with E-state index in [0.29, 0.717) is 0 Å². The first-order valence-corrected chi connectivity index (χ1v) is 15.4. The van der Waals surface area contributed by atoms with Crippen molar-refractivity contribution in [3.8, 4) is 44.5 Å². The van der Waals surface area contributed by atoms with Crippen molar-refractivity contribution in [3.05, 3.63) is 170 Å². The molecule has 45 heavy (non-hydrogen) atoms. The van der Waals surface area contributed by atoms with Gasteiger partial charge in [0.15, 0.2) is 0 Å². The van der Waals surface area contributed by atoms with Crippen LogP contribution in [0.5, 0.6) is 0 Å². The average molecular weight is 573 g/mol. The van der Waals surface area contributed by atoms with Crippen LogP contribution in [0, 0.1) is 0 Å². The minimum atomic E-state index is 0.913. The molecule has 0 aliphatic heterocycles. The first-order chi connectivity index (χ1) is 22.3. The molecule has 1 heteroatoms. The highest BCUT2D eigenvalue weighted by Crippen LogP contribution is 2.44. The van der Waals surface area contributed by atoms with Gasteiger partial charge in [-0.1, -0.05) is 152 Å². The van der Waals surface area contributed by atoms with Crippen LogP contribution >= 0.6 is 0 Å². The maximum Gasteiger partial charge on any atom is 0.136 e. The lowest BCUT2D eigenvalue weighted by molar-refractivity contribution is 0.669. The second-order valence-electron chi connectivity index (χ2n) is 11.6. The zero-order chi connectivity index (χ0) is 29.7. The summed E-state index contributed by atoms with van der Waals surface area (Å²) in [5.41, 5.74) is 11.6. The highest BCUT2D eigenvalue weighted by Gasteiger charge is 2.17. The Hall–Kier alpha value is -5.92. The number of para-hydroxylation sites is 1. The van der Waals surface area contributed by atoms with E-state index in [1.165, 1.54) is 60.5 Å². The molecule has 1 heterocycles. The standard InChI is InChI=1S/C44H28O/c1-2-12-30(13-3-1)43-37-17-6-8-19-39(37)44(40-20-9-7-18-38(40)43)31-24-22-29(23-25-31)33-14-4-5-15-34(33)32-26-27-36-35-16-10-11-21-41(35)45-42(36)28-32/h1-28H. The Kier molecular flexibility index (Phi) is 5.89. The number of benzene rings is 8. The molecule has 1 nitrogen and oxygen atoms in total. The zero-order valence-corrected chi connectivity index (χ0v) is 24.6. The van der Waals surface area contributed by atoms with Crippen LogP contribution in [0.2, 0.25) is 0 Å². The van der Waals surface area contributed by atoms with Crippen LogP contribution < -0.4 is 0 Å². The third kappa shape index (κ3) is 4.17. The Morgan fingerprint density at radius 2 is 0.689 bits per heavy atom. The molecule has 1 aromatic heterocycles. The highest BCUT2D eigenvalue weighted by molar-refractivity contribution is 6.21. The molecule has 0 fully saturated rings. The fraction of sp³-hybridized carbons (Fsp3) is 0. The van der Waals surface area contributed by atoms with Gasteiger partial charge in [-0.2, -0.15) is 0 Å². The summed E-state index contributed by atoms with van der Waals surface area (Å²) in [7, 11) is 0. The molecule has 8 aromatic carbocycles. The molecule has 0 saturated carbocycles. The SMILES string of the molecule is c1ccc(-c2c3ccccc3c(-c3ccc(-c4ccccc4-c4ccc5c(c4)oc4ccccc45)cc3)c3ccccc23)cc1. The van der Waals surface area contributed by atoms with Crippen molar-refractivity contribution in [2.24, 2.45) is 0 Å². The van der Waals surface area contributed by atoms with E-state index in [-0.39, 0.29) is 0 Å². The van der Waals surface area contributed by atoms with Crippen LogP contribution in [-0.4, -0.2) is 0 Å². The van der Waals surface area contributed by atoms with Crippen LogP contribution in [0.4, 0.5) is 0 Å². The highest BCUT2D eigenvalue weighted by atomic mass is 16.3. The monoisotopic (exact) mass is 572 g/mol. The summed E-state index contributed by atoms with van der Waals surface area (Å²) < 4.78 is 6.23. The molecule has 9 rings (SSSR count). The van der Waals surface area contributed by atoms with Gasteiger partial charge < -0.3 is 4.42 Å². The van der Waals surface area contributed by atoms with Crippen LogP contribution in [-0.2, 0) is 0 Å². The Morgan fingerprint density at radius 3 is 1.31 bits per heavy atom. The molecular weight excluding hydrogens is 544 g/mol. The zero-order valence-electron chi connectivity index (χ0n) is 24.6. The van der Waals surface area contributed by atoms with Gasteiger partial charge in [-0.3, -0.25) is 0 Å². The van der Waals surface area contributed by atoms with E-state index in [2.05, 4.69) is 158 Å². The fourth-order valence-corrected chi connectivity index (χ4v) is 7.05. The lowest BCUT2D eigenvalue weighted by Gasteiger charge is -2.18. The van der Waals surface area contributed by atoms with Crippen molar-refractivity contribution < 1.29 is 4.42 Å². The van der Waals surface area contributed by atoms with Crippen molar-refractivity contribution in [1.82, 2.24) is 0 Å². The first kappa shape index (κ1) is 25.6. The van der Waals surface area contributed by atoms with E-state index >= 15 is 0 Å². The van der Waals surface area contributed by atoms with Gasteiger partial charge in [0.25, 0.3) is 0 Å². The van der Waals surface area contributed by atoms with Gasteiger partial charge >= 0.3 is 0 Å². The molecule has 0 radical (unpaired) electrons. The number of furan rings is 1. The molecular formula is C44H28O. The van der Waals surface area contributed by atoms with Crippen molar-refractivity contribution in [2.45, 2.75) is 0 Å². The van der Waals surface area contributed by atoms with E-state index in [0.717, 1.165) is 27.5 Å². The first-order valence-electron chi connectivity index (χ1n) is 15.4. The number of hydrogen-bond donors (Lipinski definition) is 0. The Balaban J connectivity index is 1.18. The molecule has 0 spiro atoms. The maximum absolute atomic E-state index is 6.23. The summed E-state index contributed by atoms with van der Waals surface area (Å²) in [6.45, 7) is 0. The van der Waals surface area contributed by atoms with Gasteiger partial charge in [0, 0.05) is 10.8 Å². The molecule has 0 bridgehead atoms. The van der Waals surface area contributed by atoms with E-state index < -0.39 is 0 Å². The molecule has 0 atom stereocenters. The third-order valence-corrected chi connectivity index (χ3v) is 9.10. The molecule has 0 amide bonds. The second-order valence-corrected chi connectivity index (χ2v) is 11.6. The lowest BCUT2D eigenvalue weighted by Crippen LogP contribution is -1.91. The molecule has 0 aliphatic carbocycles. The van der Waals surface area contributed by atoms with Crippen molar-refractivity contribution >= 4 is 43.5 Å². The van der Waals surface area contributed by atoms with Crippen LogP contribution in [0.3, 0.4) is 0 Å². The molecule has 0 unspecified atom stereocenters. The van der Waals surface area contributed by atoms with Crippen LogP contribution in [0.25, 0.3) is 88.0 Å². The summed E-state index contributed by atoms with van der Waals surface area (Å²) >= 11 is 0. The van der Waals surface area contributed by atoms with Crippen molar-refractivity contribution in [1.29, 1.82) is 0 Å². The Morgan fingerprint density at radius 1 is 0.267 bits per heavy atom. The number of hydrogen-bond acceptors (Lipinski definition) is 1. The minimum Gasteiger partial charge on any atom is -0.456 e. The van der Waals surface area contributed by atoms with Crippen molar-refractivity contribution in [2.75, 3.05) is 0 Å². The van der Waals surface area contributed by atoms with Crippen LogP contribution in [0.1, 0.15) is 0 Å². The molecule has 0 saturated heterocycles. The summed E-state index contributed by atoms with van der Waals surface area (Å²) in [6, 6.07) is 61.0. The Bertz CT molecular complexity index is 2460. The Labute approximate surface area is 261 Å². The quantitative estimate of drug-likeness (QED) is 0.191. The minimum absolute atomic E-state index is 0.913. The van der Waals surface area contributed by atoms with E-state index in [1.807, 2.05) is 12.1 Å². The van der Waals surface area contributed by atoms with E-state index in [9.17, 15) is 0 Å². The third-order valence-electron chi connectivity index (χ3n) is 9.10. The topological polar surface area (TPSA) is 13.1 Å². The normalized spacial score (nSPS) is 11.6. The molecule has 210 valence electrons. The number of rotatable bonds is 4. The second kappa shape index (κ2) is 10.4. The van der Waals surface area contributed by atoms with E-state index in [4.69, 9.17) is 4.42 Å². The van der Waals surface area contributed by atoms with E-state index in [1.54, 1.807) is 0 Å². The maximum atomic E-state index is 6.23. The molecule has 9 aromatic rings. The average Bonchev–Trinajstić information content (AvgIpc) is 3.49. The molecule has 0 aliphatic rings. The summed E-state index contributed by atoms with van der Waals surface area (Å²) in [6.07, 6.45) is 0. The van der Waals surface area contributed by atoms with Gasteiger partial charge in [-0.05, 0) is 84.3 Å². The number of fused-ring (bicyclic) bond motifs is 5. The largest absolute Gasteiger partial charge is 0.456 e. The summed E-state index contributed by atoms with van der Waals surface area (Å²) in [4.78, 5) is 0. The van der Waals surface area contributed by atoms with Gasteiger partial charge in [-0.15, -0.1) is 0 Å².